The molecule has 0 aliphatic heterocycles. The van der Waals surface area contributed by atoms with Crippen molar-refractivity contribution in [2.75, 3.05) is 17.1 Å². The van der Waals surface area contributed by atoms with Gasteiger partial charge in [-0.3, -0.25) is 13.9 Å². The van der Waals surface area contributed by atoms with Crippen LogP contribution >= 0.6 is 23.2 Å². The molecule has 0 fully saturated rings. The summed E-state index contributed by atoms with van der Waals surface area (Å²) in [5.74, 6) is -1.89. The van der Waals surface area contributed by atoms with Crippen molar-refractivity contribution < 1.29 is 22.4 Å². The average Bonchev–Trinajstić information content (AvgIpc) is 2.91. The van der Waals surface area contributed by atoms with Gasteiger partial charge in [0.2, 0.25) is 21.8 Å². The Kier molecular flexibility index (Phi) is 11.0. The van der Waals surface area contributed by atoms with Crippen molar-refractivity contribution in [3.05, 3.63) is 99.8 Å². The maximum absolute atomic E-state index is 14.7. The second kappa shape index (κ2) is 14.0. The molecule has 0 heterocycles. The summed E-state index contributed by atoms with van der Waals surface area (Å²) >= 11 is 12.3. The van der Waals surface area contributed by atoms with Crippen molar-refractivity contribution in [1.82, 2.24) is 10.2 Å². The molecule has 0 saturated heterocycles. The van der Waals surface area contributed by atoms with Gasteiger partial charge >= 0.3 is 0 Å². The summed E-state index contributed by atoms with van der Waals surface area (Å²) in [7, 11) is -4.08. The van der Waals surface area contributed by atoms with Crippen LogP contribution in [-0.4, -0.2) is 50.0 Å². The quantitative estimate of drug-likeness (QED) is 0.296. The summed E-state index contributed by atoms with van der Waals surface area (Å²) < 4.78 is 40.9. The van der Waals surface area contributed by atoms with Crippen molar-refractivity contribution in [2.24, 2.45) is 0 Å². The SMILES string of the molecule is CC[C@H](C)NC(=O)[C@@H](Cc1ccccc1)N(Cc1ccc(Cl)c(Cl)c1)C(=O)CN(c1ccccc1F)S(C)(=O)=O. The second-order valence-electron chi connectivity index (χ2n) is 9.51. The van der Waals surface area contributed by atoms with Crippen molar-refractivity contribution >= 4 is 50.7 Å². The van der Waals surface area contributed by atoms with Gasteiger partial charge in [-0.15, -0.1) is 0 Å². The lowest BCUT2D eigenvalue weighted by Gasteiger charge is -2.34. The summed E-state index contributed by atoms with van der Waals surface area (Å²) in [6, 6.07) is 18.1. The minimum absolute atomic E-state index is 0.0734. The van der Waals surface area contributed by atoms with E-state index in [-0.39, 0.29) is 29.7 Å². The van der Waals surface area contributed by atoms with E-state index < -0.39 is 40.2 Å². The third kappa shape index (κ3) is 8.43. The summed E-state index contributed by atoms with van der Waals surface area (Å²) in [5, 5.41) is 3.53. The number of nitrogens with zero attached hydrogens (tertiary/aromatic N) is 2. The lowest BCUT2D eigenvalue weighted by molar-refractivity contribution is -0.140. The maximum Gasteiger partial charge on any atom is 0.244 e. The first-order valence-corrected chi connectivity index (χ1v) is 15.3. The summed E-state index contributed by atoms with van der Waals surface area (Å²) in [6.45, 7) is 2.99. The van der Waals surface area contributed by atoms with E-state index in [0.29, 0.717) is 21.3 Å². The number of anilines is 1. The minimum Gasteiger partial charge on any atom is -0.352 e. The molecule has 2 atom stereocenters. The third-order valence-electron chi connectivity index (χ3n) is 6.41. The zero-order valence-corrected chi connectivity index (χ0v) is 24.8. The number of hydrogen-bond donors (Lipinski definition) is 1. The number of carbonyl (C=O) groups excluding carboxylic acids is 2. The highest BCUT2D eigenvalue weighted by Gasteiger charge is 2.34. The number of amides is 2. The van der Waals surface area contributed by atoms with Gasteiger partial charge in [0.15, 0.2) is 0 Å². The number of hydrogen-bond acceptors (Lipinski definition) is 4. The van der Waals surface area contributed by atoms with Crippen molar-refractivity contribution in [3.8, 4) is 0 Å². The lowest BCUT2D eigenvalue weighted by atomic mass is 10.0. The van der Waals surface area contributed by atoms with Crippen LogP contribution in [0.25, 0.3) is 0 Å². The normalized spacial score (nSPS) is 12.8. The van der Waals surface area contributed by atoms with E-state index in [2.05, 4.69) is 5.32 Å². The molecule has 40 heavy (non-hydrogen) atoms. The lowest BCUT2D eigenvalue weighted by Crippen LogP contribution is -2.54. The Morgan fingerprint density at radius 3 is 2.20 bits per heavy atom. The van der Waals surface area contributed by atoms with Gasteiger partial charge in [0, 0.05) is 19.0 Å². The largest absolute Gasteiger partial charge is 0.352 e. The molecule has 3 aromatic carbocycles. The van der Waals surface area contributed by atoms with Crippen LogP contribution in [0.15, 0.2) is 72.8 Å². The zero-order chi connectivity index (χ0) is 29.4. The molecule has 0 unspecified atom stereocenters. The van der Waals surface area contributed by atoms with Gasteiger partial charge in [0.05, 0.1) is 22.0 Å². The first-order chi connectivity index (χ1) is 18.9. The van der Waals surface area contributed by atoms with Crippen LogP contribution in [0, 0.1) is 5.82 Å². The molecule has 0 aromatic heterocycles. The van der Waals surface area contributed by atoms with Gasteiger partial charge in [-0.2, -0.15) is 0 Å². The van der Waals surface area contributed by atoms with Gasteiger partial charge in [-0.1, -0.05) is 78.7 Å². The molecule has 0 radical (unpaired) electrons. The van der Waals surface area contributed by atoms with Gasteiger partial charge in [-0.25, -0.2) is 12.8 Å². The molecular weight excluding hydrogens is 576 g/mol. The molecule has 0 aliphatic rings. The predicted molar refractivity (Wildman–Crippen MR) is 157 cm³/mol. The molecule has 0 aliphatic carbocycles. The molecule has 7 nitrogen and oxygen atoms in total. The van der Waals surface area contributed by atoms with Crippen molar-refractivity contribution in [3.63, 3.8) is 0 Å². The van der Waals surface area contributed by atoms with E-state index in [9.17, 15) is 22.4 Å². The molecule has 0 spiro atoms. The van der Waals surface area contributed by atoms with E-state index in [1.54, 1.807) is 18.2 Å². The number of benzene rings is 3. The van der Waals surface area contributed by atoms with E-state index >= 15 is 0 Å². The highest BCUT2D eigenvalue weighted by atomic mass is 35.5. The van der Waals surface area contributed by atoms with E-state index in [0.717, 1.165) is 17.9 Å². The Bertz CT molecular complexity index is 1440. The third-order valence-corrected chi connectivity index (χ3v) is 8.27. The van der Waals surface area contributed by atoms with Gasteiger partial charge in [0.1, 0.15) is 18.4 Å². The molecule has 11 heteroatoms. The van der Waals surface area contributed by atoms with Crippen molar-refractivity contribution in [1.29, 1.82) is 0 Å². The highest BCUT2D eigenvalue weighted by Crippen LogP contribution is 2.26. The van der Waals surface area contributed by atoms with E-state index in [1.165, 1.54) is 23.1 Å². The van der Waals surface area contributed by atoms with Gasteiger partial charge in [0.25, 0.3) is 0 Å². The van der Waals surface area contributed by atoms with Crippen LogP contribution < -0.4 is 9.62 Å². The first-order valence-electron chi connectivity index (χ1n) is 12.7. The summed E-state index contributed by atoms with van der Waals surface area (Å²) in [6.07, 6.45) is 1.72. The molecule has 0 saturated carbocycles. The molecular formula is C29H32Cl2FN3O4S. The Labute approximate surface area is 244 Å². The Hall–Kier alpha value is -3.14. The summed E-state index contributed by atoms with van der Waals surface area (Å²) in [5.41, 5.74) is 1.11. The molecule has 214 valence electrons. The first kappa shape index (κ1) is 31.4. The molecule has 1 N–H and O–H groups in total. The fourth-order valence-electron chi connectivity index (χ4n) is 4.08. The topological polar surface area (TPSA) is 86.8 Å². The van der Waals surface area contributed by atoms with E-state index in [4.69, 9.17) is 23.2 Å². The van der Waals surface area contributed by atoms with E-state index in [1.807, 2.05) is 44.2 Å². The van der Waals surface area contributed by atoms with Gasteiger partial charge < -0.3 is 10.2 Å². The zero-order valence-electron chi connectivity index (χ0n) is 22.5. The minimum atomic E-state index is -4.08. The van der Waals surface area contributed by atoms with Crippen LogP contribution in [0.3, 0.4) is 0 Å². The number of sulfonamides is 1. The second-order valence-corrected chi connectivity index (χ2v) is 12.2. The van der Waals surface area contributed by atoms with Crippen molar-refractivity contribution in [2.45, 2.75) is 45.3 Å². The van der Waals surface area contributed by atoms with Crippen LogP contribution in [0.4, 0.5) is 10.1 Å². The average molecular weight is 609 g/mol. The number of rotatable bonds is 12. The Balaban J connectivity index is 2.09. The number of para-hydroxylation sites is 1. The molecule has 0 bridgehead atoms. The highest BCUT2D eigenvalue weighted by molar-refractivity contribution is 7.92. The smallest absolute Gasteiger partial charge is 0.244 e. The van der Waals surface area contributed by atoms with Crippen LogP contribution in [0.5, 0.6) is 0 Å². The number of carbonyl (C=O) groups is 2. The predicted octanol–water partition coefficient (Wildman–Crippen LogP) is 5.45. The van der Waals surface area contributed by atoms with Crippen LogP contribution in [-0.2, 0) is 32.6 Å². The number of nitrogens with one attached hydrogen (secondary N) is 1. The maximum atomic E-state index is 14.7. The molecule has 3 aromatic rings. The standard InChI is InChI=1S/C29H32Cl2FN3O4S/c1-4-20(2)33-29(37)27(17-21-10-6-5-7-11-21)34(18-22-14-15-23(30)24(31)16-22)28(36)19-35(40(3,38)39)26-13-9-8-12-25(26)32/h5-16,20,27H,4,17-19H2,1-3H3,(H,33,37)/t20-,27+/m0/s1. The van der Waals surface area contributed by atoms with Crippen LogP contribution in [0.1, 0.15) is 31.4 Å². The monoisotopic (exact) mass is 607 g/mol. The van der Waals surface area contributed by atoms with Crippen LogP contribution in [0.2, 0.25) is 10.0 Å². The molecule has 3 rings (SSSR count). The Morgan fingerprint density at radius 1 is 0.950 bits per heavy atom. The molecule has 2 amide bonds. The fourth-order valence-corrected chi connectivity index (χ4v) is 5.25. The Morgan fingerprint density at radius 2 is 1.60 bits per heavy atom. The van der Waals surface area contributed by atoms with Gasteiger partial charge in [-0.05, 0) is 48.7 Å². The number of halogens is 3. The summed E-state index contributed by atoms with van der Waals surface area (Å²) in [4.78, 5) is 28.9. The fraction of sp³-hybridized carbons (Fsp3) is 0.310.